The van der Waals surface area contributed by atoms with Crippen LogP contribution in [0.5, 0.6) is 0 Å². The number of likely N-dealkylation sites (N-methyl/N-ethyl adjacent to an activating group) is 1. The lowest BCUT2D eigenvalue weighted by molar-refractivity contribution is -0.137. The maximum Gasteiger partial charge on any atom is 0.416 e. The number of carbonyl (C=O) groups excluding carboxylic acids is 2. The summed E-state index contributed by atoms with van der Waals surface area (Å²) >= 11 is 5.64. The topological polar surface area (TPSA) is 80.2 Å². The first-order valence-corrected chi connectivity index (χ1v) is 12.6. The van der Waals surface area contributed by atoms with Gasteiger partial charge in [0.05, 0.1) is 23.9 Å². The predicted molar refractivity (Wildman–Crippen MR) is 134 cm³/mol. The van der Waals surface area contributed by atoms with Gasteiger partial charge in [-0.05, 0) is 37.6 Å². The number of halogens is 7. The van der Waals surface area contributed by atoms with Gasteiger partial charge in [-0.15, -0.1) is 0 Å². The van der Waals surface area contributed by atoms with Crippen LogP contribution >= 0.6 is 11.6 Å². The average Bonchev–Trinajstić information content (AvgIpc) is 3.42. The highest BCUT2D eigenvalue weighted by Gasteiger charge is 2.46. The van der Waals surface area contributed by atoms with Crippen LogP contribution in [0.2, 0.25) is 5.02 Å². The van der Waals surface area contributed by atoms with Gasteiger partial charge in [-0.1, -0.05) is 11.6 Å². The molecule has 0 aliphatic carbocycles. The number of urea groups is 1. The fraction of sp³-hybridized carbons (Fsp3) is 0.480. The van der Waals surface area contributed by atoms with Crippen molar-refractivity contribution < 1.29 is 41.0 Å². The first-order chi connectivity index (χ1) is 18.7. The molecule has 3 amide bonds. The minimum atomic E-state index is -4.78. The number of nitrogens with zero attached hydrogens (tertiary/aromatic N) is 5. The van der Waals surface area contributed by atoms with Crippen molar-refractivity contribution in [3.05, 3.63) is 52.2 Å². The second kappa shape index (κ2) is 11.4. The molecule has 2 aromatic rings. The third-order valence-electron chi connectivity index (χ3n) is 6.80. The van der Waals surface area contributed by atoms with Gasteiger partial charge in [0.2, 0.25) is 0 Å². The molecule has 2 saturated heterocycles. The molecule has 1 unspecified atom stereocenters. The summed E-state index contributed by atoms with van der Waals surface area (Å²) in [7, 11) is 1.14. The molecule has 0 spiro atoms. The normalized spacial score (nSPS) is 20.9. The number of aromatic nitrogens is 1. The quantitative estimate of drug-likeness (QED) is 0.388. The molecule has 1 N–H and O–H groups in total. The van der Waals surface area contributed by atoms with Crippen LogP contribution in [0.3, 0.4) is 0 Å². The molecule has 0 saturated carbocycles. The summed E-state index contributed by atoms with van der Waals surface area (Å²) in [6, 6.07) is 0.774. The van der Waals surface area contributed by atoms with Crippen LogP contribution in [0.4, 0.5) is 42.6 Å². The molecule has 0 bridgehead atoms. The van der Waals surface area contributed by atoms with Gasteiger partial charge in [-0.3, -0.25) is 14.6 Å². The van der Waals surface area contributed by atoms with Crippen molar-refractivity contribution >= 4 is 35.0 Å². The van der Waals surface area contributed by atoms with E-state index in [0.717, 1.165) is 39.9 Å². The van der Waals surface area contributed by atoms with Crippen molar-refractivity contribution in [1.82, 2.24) is 14.8 Å². The van der Waals surface area contributed by atoms with Crippen molar-refractivity contribution in [2.24, 2.45) is 0 Å². The van der Waals surface area contributed by atoms with E-state index in [4.69, 9.17) is 11.6 Å². The molecule has 15 heteroatoms. The summed E-state index contributed by atoms with van der Waals surface area (Å²) in [6.45, 7) is 1.13. The number of rotatable bonds is 7. The minimum Gasteiger partial charge on any atom is -0.390 e. The van der Waals surface area contributed by atoms with Crippen molar-refractivity contribution in [1.29, 1.82) is 0 Å². The van der Waals surface area contributed by atoms with Gasteiger partial charge in [0, 0.05) is 38.9 Å². The van der Waals surface area contributed by atoms with E-state index in [-0.39, 0.29) is 25.3 Å². The highest BCUT2D eigenvalue weighted by Crippen LogP contribution is 2.35. The number of carbonyl (C=O) groups is 2. The van der Waals surface area contributed by atoms with Crippen LogP contribution in [0.15, 0.2) is 24.3 Å². The number of aliphatic hydroxyl groups excluding tert-OH is 1. The van der Waals surface area contributed by atoms with Crippen LogP contribution in [-0.4, -0.2) is 89.9 Å². The molecule has 3 atom stereocenters. The van der Waals surface area contributed by atoms with Crippen LogP contribution < -0.4 is 9.80 Å². The Kier molecular flexibility index (Phi) is 8.52. The number of aliphatic hydroxyl groups is 1. The molecule has 4 rings (SSSR count). The number of aryl methyl sites for hydroxylation is 1. The zero-order valence-electron chi connectivity index (χ0n) is 21.4. The SMILES string of the molecule is Cc1cc(C(F)(F)F)cc(N2C(=O)N(CC(O)CN3CC[C@@H](F)C3)C[C@H]2C(=O)N(C)c2ccc(F)c(Cl)c2F)n1. The Hall–Kier alpha value is -3.10. The second-order valence-electron chi connectivity index (χ2n) is 9.82. The van der Waals surface area contributed by atoms with Crippen LogP contribution in [0, 0.1) is 18.6 Å². The van der Waals surface area contributed by atoms with Gasteiger partial charge >= 0.3 is 12.2 Å². The number of benzene rings is 1. The first-order valence-electron chi connectivity index (χ1n) is 12.3. The van der Waals surface area contributed by atoms with Crippen molar-refractivity contribution in [2.45, 2.75) is 37.8 Å². The number of alkyl halides is 4. The summed E-state index contributed by atoms with van der Waals surface area (Å²) in [5.41, 5.74) is -1.61. The lowest BCUT2D eigenvalue weighted by Gasteiger charge is -2.27. The number of hydrogen-bond acceptors (Lipinski definition) is 5. The lowest BCUT2D eigenvalue weighted by atomic mass is 10.1. The molecule has 2 fully saturated rings. The van der Waals surface area contributed by atoms with Gasteiger partial charge in [0.1, 0.15) is 28.9 Å². The Bertz CT molecular complexity index is 1300. The molecule has 1 aromatic heterocycles. The molecule has 2 aliphatic rings. The van der Waals surface area contributed by atoms with Crippen molar-refractivity contribution in [3.63, 3.8) is 0 Å². The van der Waals surface area contributed by atoms with Crippen LogP contribution in [-0.2, 0) is 11.0 Å². The van der Waals surface area contributed by atoms with Gasteiger partial charge < -0.3 is 14.9 Å². The van der Waals surface area contributed by atoms with E-state index in [1.165, 1.54) is 6.92 Å². The average molecular weight is 594 g/mol. The molecular formula is C25H26ClF6N5O3. The Balaban J connectivity index is 1.67. The molecule has 40 heavy (non-hydrogen) atoms. The van der Waals surface area contributed by atoms with E-state index < -0.39 is 76.7 Å². The Labute approximate surface area is 230 Å². The first kappa shape index (κ1) is 29.9. The Morgan fingerprint density at radius 2 is 1.93 bits per heavy atom. The zero-order valence-corrected chi connectivity index (χ0v) is 22.2. The maximum atomic E-state index is 14.7. The highest BCUT2D eigenvalue weighted by atomic mass is 35.5. The molecule has 2 aliphatic heterocycles. The molecule has 218 valence electrons. The molecule has 0 radical (unpaired) electrons. The van der Waals surface area contributed by atoms with Crippen molar-refractivity contribution in [3.8, 4) is 0 Å². The van der Waals surface area contributed by atoms with E-state index in [9.17, 15) is 41.0 Å². The number of pyridine rings is 1. The van der Waals surface area contributed by atoms with Gasteiger partial charge in [-0.25, -0.2) is 22.9 Å². The van der Waals surface area contributed by atoms with Gasteiger partial charge in [0.15, 0.2) is 5.82 Å². The molecule has 8 nitrogen and oxygen atoms in total. The van der Waals surface area contributed by atoms with E-state index >= 15 is 0 Å². The minimum absolute atomic E-state index is 0.0307. The summed E-state index contributed by atoms with van der Waals surface area (Å²) in [5.74, 6) is -3.71. The zero-order chi connectivity index (χ0) is 29.5. The summed E-state index contributed by atoms with van der Waals surface area (Å²) < 4.78 is 82.6. The summed E-state index contributed by atoms with van der Waals surface area (Å²) in [4.78, 5) is 35.4. The Morgan fingerprint density at radius 3 is 2.55 bits per heavy atom. The maximum absolute atomic E-state index is 14.7. The third kappa shape index (κ3) is 6.13. The van der Waals surface area contributed by atoms with Gasteiger partial charge in [0.25, 0.3) is 5.91 Å². The number of anilines is 2. The lowest BCUT2D eigenvalue weighted by Crippen LogP contribution is -2.47. The monoisotopic (exact) mass is 593 g/mol. The molecular weight excluding hydrogens is 568 g/mol. The molecule has 3 heterocycles. The third-order valence-corrected chi connectivity index (χ3v) is 7.15. The van der Waals surface area contributed by atoms with E-state index in [1.54, 1.807) is 4.90 Å². The number of hydrogen-bond donors (Lipinski definition) is 1. The van der Waals surface area contributed by atoms with Crippen molar-refractivity contribution in [2.75, 3.05) is 49.6 Å². The fourth-order valence-electron chi connectivity index (χ4n) is 4.87. The molecule has 1 aromatic carbocycles. The largest absolute Gasteiger partial charge is 0.416 e. The smallest absolute Gasteiger partial charge is 0.390 e. The number of likely N-dealkylation sites (tertiary alicyclic amines) is 1. The summed E-state index contributed by atoms with van der Waals surface area (Å²) in [5, 5.41) is 9.73. The highest BCUT2D eigenvalue weighted by molar-refractivity contribution is 6.31. The fourth-order valence-corrected chi connectivity index (χ4v) is 5.03. The second-order valence-corrected chi connectivity index (χ2v) is 10.2. The summed E-state index contributed by atoms with van der Waals surface area (Å²) in [6.07, 6.45) is -6.68. The van der Waals surface area contributed by atoms with Gasteiger partial charge in [-0.2, -0.15) is 13.2 Å². The van der Waals surface area contributed by atoms with E-state index in [1.807, 2.05) is 0 Å². The van der Waals surface area contributed by atoms with Crippen LogP contribution in [0.25, 0.3) is 0 Å². The number of β-amino-alcohol motifs (C(OH)–C–C–N with tert-alkyl or cyclic N) is 1. The standard InChI is InChI=1S/C25H26ClF6N5O3/c1-13-7-14(25(30,31)32)8-20(33-13)37-19(23(39)34(2)18-4-3-17(28)21(26)22(18)29)12-36(24(37)40)11-16(38)10-35-6-5-15(27)9-35/h3-4,7-8,15-16,19,38H,5-6,9-12H2,1-2H3/t15-,16?,19+/m1/s1. The predicted octanol–water partition coefficient (Wildman–Crippen LogP) is 4.02. The Morgan fingerprint density at radius 1 is 1.23 bits per heavy atom. The van der Waals surface area contributed by atoms with Crippen LogP contribution in [0.1, 0.15) is 17.7 Å². The van der Waals surface area contributed by atoms with E-state index in [2.05, 4.69) is 4.98 Å². The number of amides is 3. The van der Waals surface area contributed by atoms with E-state index in [0.29, 0.717) is 19.0 Å².